The first-order valence-electron chi connectivity index (χ1n) is 5.80. The number of nitrogens with one attached hydrogen (secondary N) is 2. The van der Waals surface area contributed by atoms with Gasteiger partial charge in [-0.2, -0.15) is 0 Å². The van der Waals surface area contributed by atoms with Gasteiger partial charge in [0.1, 0.15) is 11.6 Å². The molecule has 0 saturated carbocycles. The summed E-state index contributed by atoms with van der Waals surface area (Å²) >= 11 is 0. The normalized spacial score (nSPS) is 11.3. The second kappa shape index (κ2) is 6.39. The molecule has 0 fully saturated rings. The molecule has 5 nitrogen and oxygen atoms in total. The lowest BCUT2D eigenvalue weighted by Crippen LogP contribution is -2.25. The Balaban J connectivity index is 2.48. The Morgan fingerprint density at radius 2 is 2.00 bits per heavy atom. The van der Waals surface area contributed by atoms with Gasteiger partial charge in [0.25, 0.3) is 0 Å². The summed E-state index contributed by atoms with van der Waals surface area (Å²) in [6.45, 7) is 6.03. The smallest absolute Gasteiger partial charge is 0.146 e. The van der Waals surface area contributed by atoms with Crippen LogP contribution in [-0.4, -0.2) is 37.3 Å². The van der Waals surface area contributed by atoms with E-state index in [1.54, 1.807) is 19.5 Å². The topological polar surface area (TPSA) is 59.1 Å². The van der Waals surface area contributed by atoms with Crippen LogP contribution in [0.3, 0.4) is 0 Å². The number of hydrogen-bond donors (Lipinski definition) is 2. The average Bonchev–Trinajstić information content (AvgIpc) is 2.34. The fourth-order valence-corrected chi connectivity index (χ4v) is 1.37. The molecular weight excluding hydrogens is 216 g/mol. The fourth-order valence-electron chi connectivity index (χ4n) is 1.37. The summed E-state index contributed by atoms with van der Waals surface area (Å²) in [5, 5.41) is 6.26. The van der Waals surface area contributed by atoms with E-state index in [0.717, 1.165) is 31.2 Å². The Bertz CT molecular complexity index is 341. The summed E-state index contributed by atoms with van der Waals surface area (Å²) in [7, 11) is 3.56. The van der Waals surface area contributed by atoms with Crippen LogP contribution in [0.2, 0.25) is 0 Å². The van der Waals surface area contributed by atoms with E-state index < -0.39 is 0 Å². The molecule has 0 unspecified atom stereocenters. The lowest BCUT2D eigenvalue weighted by molar-refractivity contribution is 0.157. The molecular formula is C12H22N4O. The Hall–Kier alpha value is -1.36. The molecule has 96 valence electrons. The zero-order valence-electron chi connectivity index (χ0n) is 11.1. The summed E-state index contributed by atoms with van der Waals surface area (Å²) in [5.41, 5.74) is 0.174. The molecule has 0 bridgehead atoms. The first-order chi connectivity index (χ1) is 8.07. The van der Waals surface area contributed by atoms with Gasteiger partial charge in [-0.1, -0.05) is 13.8 Å². The van der Waals surface area contributed by atoms with E-state index in [1.807, 2.05) is 7.05 Å². The van der Waals surface area contributed by atoms with E-state index in [4.69, 9.17) is 4.74 Å². The van der Waals surface area contributed by atoms with Gasteiger partial charge in [-0.05, 0) is 11.8 Å². The van der Waals surface area contributed by atoms with E-state index in [0.29, 0.717) is 0 Å². The van der Waals surface area contributed by atoms with E-state index in [-0.39, 0.29) is 5.41 Å². The van der Waals surface area contributed by atoms with Crippen molar-refractivity contribution in [2.75, 3.05) is 37.9 Å². The van der Waals surface area contributed by atoms with Gasteiger partial charge in [0.15, 0.2) is 0 Å². The summed E-state index contributed by atoms with van der Waals surface area (Å²) in [6.07, 6.45) is 4.43. The molecule has 0 aliphatic carbocycles. The van der Waals surface area contributed by atoms with Crippen molar-refractivity contribution in [1.29, 1.82) is 0 Å². The molecule has 1 rings (SSSR count). The molecule has 0 aliphatic heterocycles. The summed E-state index contributed by atoms with van der Waals surface area (Å²) in [4.78, 5) is 8.46. The molecule has 17 heavy (non-hydrogen) atoms. The SMILES string of the molecule is CNc1cncc(NCC(C)(C)CCOC)n1. The maximum absolute atomic E-state index is 5.10. The Kier molecular flexibility index (Phi) is 5.15. The maximum atomic E-state index is 5.10. The maximum Gasteiger partial charge on any atom is 0.146 e. The highest BCUT2D eigenvalue weighted by molar-refractivity contribution is 5.41. The zero-order chi connectivity index (χ0) is 12.7. The zero-order valence-corrected chi connectivity index (χ0v) is 11.1. The van der Waals surface area contributed by atoms with Crippen molar-refractivity contribution in [2.45, 2.75) is 20.3 Å². The molecule has 0 radical (unpaired) electrons. The Morgan fingerprint density at radius 3 is 2.65 bits per heavy atom. The number of anilines is 2. The van der Waals surface area contributed by atoms with Crippen molar-refractivity contribution in [2.24, 2.45) is 5.41 Å². The number of methoxy groups -OCH3 is 1. The third-order valence-electron chi connectivity index (χ3n) is 2.62. The van der Waals surface area contributed by atoms with Gasteiger partial charge < -0.3 is 15.4 Å². The van der Waals surface area contributed by atoms with Crippen molar-refractivity contribution < 1.29 is 4.74 Å². The molecule has 5 heteroatoms. The number of nitrogens with zero attached hydrogens (tertiary/aromatic N) is 2. The van der Waals surface area contributed by atoms with E-state index in [1.165, 1.54) is 0 Å². The van der Waals surface area contributed by atoms with Crippen molar-refractivity contribution in [1.82, 2.24) is 9.97 Å². The molecule has 0 aliphatic rings. The molecule has 1 aromatic rings. The summed E-state index contributed by atoms with van der Waals surface area (Å²) in [6, 6.07) is 0. The third-order valence-corrected chi connectivity index (χ3v) is 2.62. The van der Waals surface area contributed by atoms with Crippen LogP contribution in [0.25, 0.3) is 0 Å². The minimum absolute atomic E-state index is 0.174. The second-order valence-electron chi connectivity index (χ2n) is 4.80. The molecule has 0 aromatic carbocycles. The van der Waals surface area contributed by atoms with E-state index in [2.05, 4.69) is 34.4 Å². The van der Waals surface area contributed by atoms with Crippen LogP contribution in [0.1, 0.15) is 20.3 Å². The Morgan fingerprint density at radius 1 is 1.29 bits per heavy atom. The quantitative estimate of drug-likeness (QED) is 0.760. The number of rotatable bonds is 7. The number of hydrogen-bond acceptors (Lipinski definition) is 5. The minimum atomic E-state index is 0.174. The standard InChI is InChI=1S/C12H22N4O/c1-12(2,5-6-17-4)9-15-11-8-14-7-10(13-3)16-11/h7-8H,5-6,9H2,1-4H3,(H2,13,15,16). The average molecular weight is 238 g/mol. The lowest BCUT2D eigenvalue weighted by atomic mass is 9.90. The molecule has 0 atom stereocenters. The van der Waals surface area contributed by atoms with Gasteiger partial charge in [-0.25, -0.2) is 4.98 Å². The highest BCUT2D eigenvalue weighted by Gasteiger charge is 2.17. The summed E-state index contributed by atoms with van der Waals surface area (Å²) < 4.78 is 5.10. The van der Waals surface area contributed by atoms with Crippen molar-refractivity contribution in [3.63, 3.8) is 0 Å². The van der Waals surface area contributed by atoms with Crippen LogP contribution < -0.4 is 10.6 Å². The molecule has 2 N–H and O–H groups in total. The molecule has 1 aromatic heterocycles. The lowest BCUT2D eigenvalue weighted by Gasteiger charge is -2.24. The van der Waals surface area contributed by atoms with Gasteiger partial charge in [-0.3, -0.25) is 4.98 Å². The van der Waals surface area contributed by atoms with Crippen molar-refractivity contribution >= 4 is 11.6 Å². The molecule has 1 heterocycles. The number of aromatic nitrogens is 2. The van der Waals surface area contributed by atoms with Gasteiger partial charge in [0.05, 0.1) is 12.4 Å². The van der Waals surface area contributed by atoms with Gasteiger partial charge >= 0.3 is 0 Å². The number of ether oxygens (including phenoxy) is 1. The van der Waals surface area contributed by atoms with Gasteiger partial charge in [0.2, 0.25) is 0 Å². The van der Waals surface area contributed by atoms with Crippen molar-refractivity contribution in [3.05, 3.63) is 12.4 Å². The van der Waals surface area contributed by atoms with Crippen LogP contribution in [0, 0.1) is 5.41 Å². The predicted octanol–water partition coefficient (Wildman–Crippen LogP) is 1.99. The Labute approximate surface area is 103 Å². The predicted molar refractivity (Wildman–Crippen MR) is 70.3 cm³/mol. The van der Waals surface area contributed by atoms with Crippen LogP contribution in [0.5, 0.6) is 0 Å². The van der Waals surface area contributed by atoms with Crippen LogP contribution in [-0.2, 0) is 4.74 Å². The van der Waals surface area contributed by atoms with E-state index in [9.17, 15) is 0 Å². The third kappa shape index (κ3) is 4.99. The highest BCUT2D eigenvalue weighted by atomic mass is 16.5. The fraction of sp³-hybridized carbons (Fsp3) is 0.667. The second-order valence-corrected chi connectivity index (χ2v) is 4.80. The van der Waals surface area contributed by atoms with Crippen LogP contribution in [0.4, 0.5) is 11.6 Å². The van der Waals surface area contributed by atoms with Crippen LogP contribution in [0.15, 0.2) is 12.4 Å². The van der Waals surface area contributed by atoms with Crippen LogP contribution >= 0.6 is 0 Å². The van der Waals surface area contributed by atoms with Gasteiger partial charge in [0, 0.05) is 27.3 Å². The summed E-state index contributed by atoms with van der Waals surface area (Å²) in [5.74, 6) is 1.56. The first-order valence-corrected chi connectivity index (χ1v) is 5.80. The minimum Gasteiger partial charge on any atom is -0.385 e. The monoisotopic (exact) mass is 238 g/mol. The first kappa shape index (κ1) is 13.7. The van der Waals surface area contributed by atoms with Gasteiger partial charge in [-0.15, -0.1) is 0 Å². The highest BCUT2D eigenvalue weighted by Crippen LogP contribution is 2.20. The van der Waals surface area contributed by atoms with E-state index >= 15 is 0 Å². The molecule has 0 saturated heterocycles. The largest absolute Gasteiger partial charge is 0.385 e. The molecule has 0 spiro atoms. The van der Waals surface area contributed by atoms with Crippen molar-refractivity contribution in [3.8, 4) is 0 Å². The molecule has 0 amide bonds.